The Labute approximate surface area is 202 Å². The van der Waals surface area contributed by atoms with E-state index in [2.05, 4.69) is 6.07 Å². The highest BCUT2D eigenvalue weighted by Crippen LogP contribution is 2.59. The monoisotopic (exact) mass is 465 g/mol. The molecule has 0 bridgehead atoms. The zero-order chi connectivity index (χ0) is 24.7. The Morgan fingerprint density at radius 3 is 2.34 bits per heavy atom. The van der Waals surface area contributed by atoms with Crippen LogP contribution in [0, 0.1) is 32.8 Å². The molecule has 0 saturated heterocycles. The number of hydrogen-bond donors (Lipinski definition) is 1. The van der Waals surface area contributed by atoms with E-state index in [1.807, 2.05) is 55.5 Å². The van der Waals surface area contributed by atoms with Crippen molar-refractivity contribution in [1.82, 2.24) is 0 Å². The molecule has 4 atom stereocenters. The van der Waals surface area contributed by atoms with Gasteiger partial charge in [-0.05, 0) is 35.3 Å². The Kier molecular flexibility index (Phi) is 5.37. The first-order valence-corrected chi connectivity index (χ1v) is 11.3. The number of para-hydroxylation sites is 1. The lowest BCUT2D eigenvalue weighted by Gasteiger charge is -2.48. The molecule has 1 N–H and O–H groups in total. The largest absolute Gasteiger partial charge is 0.497 e. The van der Waals surface area contributed by atoms with Crippen LogP contribution in [0.5, 0.6) is 11.5 Å². The second kappa shape index (κ2) is 8.41. The molecule has 0 spiro atoms. The van der Waals surface area contributed by atoms with Crippen LogP contribution >= 0.6 is 0 Å². The molecular weight excluding hydrogens is 442 g/mol. The van der Waals surface area contributed by atoms with Gasteiger partial charge in [0.15, 0.2) is 0 Å². The molecular formula is C28H23N3O4. The fourth-order valence-electron chi connectivity index (χ4n) is 5.67. The minimum atomic E-state index is -1.99. The number of allylic oxidation sites excluding steroid dienone is 1. The molecule has 0 aromatic heterocycles. The predicted octanol–water partition coefficient (Wildman–Crippen LogP) is 5.57. The molecule has 0 amide bonds. The van der Waals surface area contributed by atoms with Crippen LogP contribution in [0.1, 0.15) is 35.6 Å². The van der Waals surface area contributed by atoms with Gasteiger partial charge in [-0.1, -0.05) is 67.6 Å². The van der Waals surface area contributed by atoms with Crippen LogP contribution in [-0.2, 0) is 0 Å². The van der Waals surface area contributed by atoms with E-state index in [0.29, 0.717) is 28.2 Å². The van der Waals surface area contributed by atoms with Gasteiger partial charge in [0, 0.05) is 16.1 Å². The normalized spacial score (nSPS) is 25.1. The molecule has 1 aliphatic carbocycles. The molecule has 0 fully saturated rings. The topological polar surface area (TPSA) is 109 Å². The molecule has 3 aromatic rings. The molecule has 1 aliphatic heterocycles. The third-order valence-corrected chi connectivity index (χ3v) is 7.17. The fraction of sp³-hybridized carbons (Fsp3) is 0.214. The second-order valence-electron chi connectivity index (χ2n) is 8.80. The van der Waals surface area contributed by atoms with Crippen molar-refractivity contribution in [2.75, 3.05) is 7.11 Å². The Bertz CT molecular complexity index is 1390. The molecule has 174 valence electrons. The summed E-state index contributed by atoms with van der Waals surface area (Å²) in [6.07, 6.45) is -1.11. The van der Waals surface area contributed by atoms with Gasteiger partial charge in [0.1, 0.15) is 23.3 Å². The summed E-state index contributed by atoms with van der Waals surface area (Å²) in [6, 6.07) is 25.6. The molecule has 7 heteroatoms. The maximum absolute atomic E-state index is 13.1. The fourth-order valence-corrected chi connectivity index (χ4v) is 5.67. The molecule has 3 aromatic carbocycles. The van der Waals surface area contributed by atoms with Gasteiger partial charge in [0.2, 0.25) is 6.10 Å². The Morgan fingerprint density at radius 2 is 1.71 bits per heavy atom. The number of methoxy groups -OCH3 is 1. The molecule has 5 rings (SSSR count). The van der Waals surface area contributed by atoms with E-state index in [1.54, 1.807) is 37.4 Å². The van der Waals surface area contributed by atoms with E-state index < -0.39 is 28.4 Å². The van der Waals surface area contributed by atoms with Crippen molar-refractivity contribution >= 4 is 11.3 Å². The number of nitriles is 1. The number of rotatable bonds is 4. The lowest BCUT2D eigenvalue weighted by molar-refractivity contribution is -0.568. The average Bonchev–Trinajstić information content (AvgIpc) is 2.89. The van der Waals surface area contributed by atoms with Gasteiger partial charge in [0.05, 0.1) is 18.6 Å². The van der Waals surface area contributed by atoms with Gasteiger partial charge < -0.3 is 9.47 Å². The first-order chi connectivity index (χ1) is 16.9. The van der Waals surface area contributed by atoms with Crippen LogP contribution in [0.15, 0.2) is 84.4 Å². The van der Waals surface area contributed by atoms with Gasteiger partial charge in [-0.15, -0.1) is 0 Å². The molecule has 1 unspecified atom stereocenters. The summed E-state index contributed by atoms with van der Waals surface area (Å²) in [6.45, 7) is 1.90. The summed E-state index contributed by atoms with van der Waals surface area (Å²) in [5.74, 6) is -0.0114. The average molecular weight is 466 g/mol. The van der Waals surface area contributed by atoms with Crippen molar-refractivity contribution in [3.63, 3.8) is 0 Å². The third kappa shape index (κ3) is 3.14. The summed E-state index contributed by atoms with van der Waals surface area (Å²) in [5.41, 5.74) is 0.330. The molecule has 1 heterocycles. The quantitative estimate of drug-likeness (QED) is 0.400. The van der Waals surface area contributed by atoms with E-state index in [9.17, 15) is 20.8 Å². The maximum atomic E-state index is 13.1. The van der Waals surface area contributed by atoms with E-state index in [4.69, 9.17) is 9.47 Å². The third-order valence-electron chi connectivity index (χ3n) is 7.17. The van der Waals surface area contributed by atoms with Crippen molar-refractivity contribution in [3.8, 4) is 17.6 Å². The van der Waals surface area contributed by atoms with Crippen molar-refractivity contribution in [2.45, 2.75) is 24.5 Å². The van der Waals surface area contributed by atoms with Gasteiger partial charge >= 0.3 is 5.54 Å². The highest BCUT2D eigenvalue weighted by molar-refractivity contribution is 6.15. The minimum absolute atomic E-state index is 0.0261. The minimum Gasteiger partial charge on any atom is -0.497 e. The van der Waals surface area contributed by atoms with E-state index in [-0.39, 0.29) is 11.3 Å². The highest BCUT2D eigenvalue weighted by Gasteiger charge is 2.69. The number of benzene rings is 3. The van der Waals surface area contributed by atoms with Crippen molar-refractivity contribution in [2.24, 2.45) is 5.92 Å². The summed E-state index contributed by atoms with van der Waals surface area (Å²) in [7, 11) is 1.55. The first kappa shape index (κ1) is 22.4. The SMILES string of the molecule is COc1ccc([C@@H]2Oc3ccccc3[C@H]3C(C)C(c4ccccc4)=C(C#N)C(=N)[C@@]23[N+](=O)[O-])cc1. The van der Waals surface area contributed by atoms with E-state index >= 15 is 0 Å². The number of hydrogen-bond acceptors (Lipinski definition) is 6. The molecule has 2 aliphatic rings. The van der Waals surface area contributed by atoms with Gasteiger partial charge in [-0.3, -0.25) is 15.5 Å². The maximum Gasteiger partial charge on any atom is 0.311 e. The lowest BCUT2D eigenvalue weighted by atomic mass is 9.57. The predicted molar refractivity (Wildman–Crippen MR) is 131 cm³/mol. The zero-order valence-corrected chi connectivity index (χ0v) is 19.3. The standard InChI is InChI=1S/C28H23N3O4/c1-17-24(18-8-4-3-5-9-18)22(16-29)26(30)28(31(32)33)25(17)21-10-6-7-11-23(21)35-27(28)19-12-14-20(34-2)15-13-19/h3-15,17,25,27,30H,1-2H3/t17?,25-,27+,28-/m1/s1. The van der Waals surface area contributed by atoms with E-state index in [0.717, 1.165) is 5.56 Å². The summed E-state index contributed by atoms with van der Waals surface area (Å²) in [5, 5.41) is 32.5. The van der Waals surface area contributed by atoms with E-state index in [1.165, 1.54) is 0 Å². The summed E-state index contributed by atoms with van der Waals surface area (Å²) >= 11 is 0. The van der Waals surface area contributed by atoms with Crippen LogP contribution < -0.4 is 9.47 Å². The number of nitro groups is 1. The lowest BCUT2D eigenvalue weighted by Crippen LogP contribution is -2.62. The number of ether oxygens (including phenoxy) is 2. The number of nitrogens with zero attached hydrogens (tertiary/aromatic N) is 2. The van der Waals surface area contributed by atoms with Crippen LogP contribution in [-0.4, -0.2) is 23.3 Å². The summed E-state index contributed by atoms with van der Waals surface area (Å²) in [4.78, 5) is 12.7. The smallest absolute Gasteiger partial charge is 0.311 e. The summed E-state index contributed by atoms with van der Waals surface area (Å²) < 4.78 is 11.6. The Morgan fingerprint density at radius 1 is 1.06 bits per heavy atom. The zero-order valence-electron chi connectivity index (χ0n) is 19.3. The van der Waals surface area contributed by atoms with Gasteiger partial charge in [-0.25, -0.2) is 0 Å². The first-order valence-electron chi connectivity index (χ1n) is 11.3. The van der Waals surface area contributed by atoms with Gasteiger partial charge in [-0.2, -0.15) is 5.26 Å². The molecule has 0 radical (unpaired) electrons. The van der Waals surface area contributed by atoms with Crippen LogP contribution in [0.25, 0.3) is 5.57 Å². The molecule has 0 saturated carbocycles. The van der Waals surface area contributed by atoms with Crippen molar-refractivity contribution < 1.29 is 14.4 Å². The Balaban J connectivity index is 1.84. The Hall–Kier alpha value is -4.44. The van der Waals surface area contributed by atoms with Crippen molar-refractivity contribution in [3.05, 3.63) is 111 Å². The van der Waals surface area contributed by atoms with Crippen LogP contribution in [0.4, 0.5) is 0 Å². The van der Waals surface area contributed by atoms with Crippen molar-refractivity contribution in [1.29, 1.82) is 10.7 Å². The van der Waals surface area contributed by atoms with Crippen LogP contribution in [0.2, 0.25) is 0 Å². The number of fused-ring (bicyclic) bond motifs is 3. The second-order valence-corrected chi connectivity index (χ2v) is 8.80. The van der Waals surface area contributed by atoms with Crippen LogP contribution in [0.3, 0.4) is 0 Å². The number of nitrogens with one attached hydrogen (secondary N) is 1. The van der Waals surface area contributed by atoms with Gasteiger partial charge in [0.25, 0.3) is 0 Å². The molecule has 35 heavy (non-hydrogen) atoms. The molecule has 7 nitrogen and oxygen atoms in total. The highest BCUT2D eigenvalue weighted by atomic mass is 16.6.